The zero-order chi connectivity index (χ0) is 10.4. The van der Waals surface area contributed by atoms with Gasteiger partial charge in [0.1, 0.15) is 0 Å². The molecule has 0 amide bonds. The Morgan fingerprint density at radius 2 is 1.86 bits per heavy atom. The predicted molar refractivity (Wildman–Crippen MR) is 63.5 cm³/mol. The standard InChI is InChI=1S/C13H19N/c1-4-9-12(5-2)14(3)13-10-7-6-8-11-13/h6-11H,4-5H2,1-3H3/b12-9+. The first-order chi connectivity index (χ1) is 6.79. The monoisotopic (exact) mass is 189 g/mol. The average Bonchev–Trinajstić information content (AvgIpc) is 2.26. The van der Waals surface area contributed by atoms with Crippen LogP contribution in [0.3, 0.4) is 0 Å². The number of allylic oxidation sites excluding steroid dienone is 2. The van der Waals surface area contributed by atoms with Crippen molar-refractivity contribution in [2.45, 2.75) is 26.7 Å². The molecule has 0 fully saturated rings. The van der Waals surface area contributed by atoms with Crippen molar-refractivity contribution in [1.82, 2.24) is 0 Å². The Labute approximate surface area is 87.1 Å². The highest BCUT2D eigenvalue weighted by atomic mass is 15.1. The van der Waals surface area contributed by atoms with Gasteiger partial charge in [-0.25, -0.2) is 0 Å². The van der Waals surface area contributed by atoms with Crippen LogP contribution in [0.4, 0.5) is 5.69 Å². The second-order valence-electron chi connectivity index (χ2n) is 3.35. The molecule has 0 aliphatic rings. The highest BCUT2D eigenvalue weighted by molar-refractivity contribution is 5.50. The molecule has 1 aromatic rings. The summed E-state index contributed by atoms with van der Waals surface area (Å²) in [6, 6.07) is 10.5. The summed E-state index contributed by atoms with van der Waals surface area (Å²) in [7, 11) is 2.13. The largest absolute Gasteiger partial charge is 0.349 e. The lowest BCUT2D eigenvalue weighted by molar-refractivity contribution is 0.955. The summed E-state index contributed by atoms with van der Waals surface area (Å²) in [5, 5.41) is 0. The molecule has 0 heterocycles. The summed E-state index contributed by atoms with van der Waals surface area (Å²) in [6.07, 6.45) is 4.46. The van der Waals surface area contributed by atoms with E-state index in [2.05, 4.69) is 56.1 Å². The van der Waals surface area contributed by atoms with E-state index in [1.54, 1.807) is 0 Å². The fourth-order valence-electron chi connectivity index (χ4n) is 1.57. The lowest BCUT2D eigenvalue weighted by atomic mass is 10.2. The van der Waals surface area contributed by atoms with Crippen molar-refractivity contribution in [1.29, 1.82) is 0 Å². The Morgan fingerprint density at radius 1 is 1.21 bits per heavy atom. The summed E-state index contributed by atoms with van der Waals surface area (Å²) >= 11 is 0. The minimum absolute atomic E-state index is 1.08. The fourth-order valence-corrected chi connectivity index (χ4v) is 1.57. The molecule has 76 valence electrons. The van der Waals surface area contributed by atoms with Crippen molar-refractivity contribution >= 4 is 5.69 Å². The molecular weight excluding hydrogens is 170 g/mol. The van der Waals surface area contributed by atoms with Gasteiger partial charge in [-0.1, -0.05) is 38.1 Å². The van der Waals surface area contributed by atoms with Gasteiger partial charge in [-0.3, -0.25) is 0 Å². The van der Waals surface area contributed by atoms with Crippen LogP contribution in [0.2, 0.25) is 0 Å². The molecule has 1 aromatic carbocycles. The summed E-state index contributed by atoms with van der Waals surface area (Å²) in [4.78, 5) is 2.25. The van der Waals surface area contributed by atoms with Crippen LogP contribution >= 0.6 is 0 Å². The van der Waals surface area contributed by atoms with Crippen molar-refractivity contribution in [3.8, 4) is 0 Å². The summed E-state index contributed by atoms with van der Waals surface area (Å²) in [5.41, 5.74) is 2.65. The van der Waals surface area contributed by atoms with Crippen molar-refractivity contribution in [2.24, 2.45) is 0 Å². The van der Waals surface area contributed by atoms with Crippen LogP contribution in [-0.2, 0) is 0 Å². The van der Waals surface area contributed by atoms with Crippen molar-refractivity contribution < 1.29 is 0 Å². The molecule has 0 aliphatic heterocycles. The van der Waals surface area contributed by atoms with E-state index in [1.165, 1.54) is 11.4 Å². The van der Waals surface area contributed by atoms with Crippen molar-refractivity contribution in [2.75, 3.05) is 11.9 Å². The molecule has 0 aromatic heterocycles. The molecule has 0 unspecified atom stereocenters. The van der Waals surface area contributed by atoms with Crippen LogP contribution < -0.4 is 4.90 Å². The summed E-state index contributed by atoms with van der Waals surface area (Å²) in [6.45, 7) is 4.37. The number of para-hydroxylation sites is 1. The van der Waals surface area contributed by atoms with E-state index in [0.717, 1.165) is 12.8 Å². The Morgan fingerprint density at radius 3 is 2.36 bits per heavy atom. The minimum Gasteiger partial charge on any atom is -0.349 e. The second kappa shape index (κ2) is 5.48. The molecular formula is C13H19N. The number of benzene rings is 1. The molecule has 0 aliphatic carbocycles. The van der Waals surface area contributed by atoms with Gasteiger partial charge in [0.15, 0.2) is 0 Å². The van der Waals surface area contributed by atoms with Crippen molar-refractivity contribution in [3.05, 3.63) is 42.1 Å². The third-order valence-corrected chi connectivity index (χ3v) is 2.38. The van der Waals surface area contributed by atoms with E-state index in [0.29, 0.717) is 0 Å². The van der Waals surface area contributed by atoms with Gasteiger partial charge >= 0.3 is 0 Å². The third kappa shape index (κ3) is 2.63. The maximum atomic E-state index is 2.28. The maximum Gasteiger partial charge on any atom is 0.0405 e. The van der Waals surface area contributed by atoms with E-state index >= 15 is 0 Å². The molecule has 0 atom stereocenters. The van der Waals surface area contributed by atoms with Gasteiger partial charge < -0.3 is 4.90 Å². The number of rotatable bonds is 4. The van der Waals surface area contributed by atoms with E-state index in [9.17, 15) is 0 Å². The lowest BCUT2D eigenvalue weighted by Gasteiger charge is -2.22. The highest BCUT2D eigenvalue weighted by Gasteiger charge is 2.02. The number of hydrogen-bond acceptors (Lipinski definition) is 1. The molecule has 0 saturated heterocycles. The average molecular weight is 189 g/mol. The molecule has 0 saturated carbocycles. The Bertz CT molecular complexity index is 287. The molecule has 1 nitrogen and oxygen atoms in total. The Hall–Kier alpha value is -1.24. The van der Waals surface area contributed by atoms with Gasteiger partial charge in [-0.2, -0.15) is 0 Å². The number of hydrogen-bond donors (Lipinski definition) is 0. The normalized spacial score (nSPS) is 11.5. The fraction of sp³-hybridized carbons (Fsp3) is 0.385. The van der Waals surface area contributed by atoms with Crippen LogP contribution in [0, 0.1) is 0 Å². The zero-order valence-corrected chi connectivity index (χ0v) is 9.33. The van der Waals surface area contributed by atoms with Gasteiger partial charge in [-0.05, 0) is 25.0 Å². The van der Waals surface area contributed by atoms with Gasteiger partial charge in [0, 0.05) is 18.4 Å². The minimum atomic E-state index is 1.08. The van der Waals surface area contributed by atoms with E-state index in [-0.39, 0.29) is 0 Å². The SMILES string of the molecule is CC/C=C(\CC)N(C)c1ccccc1. The first-order valence-corrected chi connectivity index (χ1v) is 5.27. The summed E-state index contributed by atoms with van der Waals surface area (Å²) < 4.78 is 0. The maximum absolute atomic E-state index is 2.28. The lowest BCUT2D eigenvalue weighted by Crippen LogP contribution is -2.15. The Kier molecular flexibility index (Phi) is 4.24. The number of nitrogens with zero attached hydrogens (tertiary/aromatic N) is 1. The van der Waals surface area contributed by atoms with Gasteiger partial charge in [0.05, 0.1) is 0 Å². The van der Waals surface area contributed by atoms with Gasteiger partial charge in [0.2, 0.25) is 0 Å². The first kappa shape index (κ1) is 10.8. The topological polar surface area (TPSA) is 3.24 Å². The molecule has 1 heteroatoms. The quantitative estimate of drug-likeness (QED) is 0.696. The molecule has 1 rings (SSSR count). The molecule has 0 radical (unpaired) electrons. The Balaban J connectivity index is 2.83. The van der Waals surface area contributed by atoms with Crippen LogP contribution in [0.15, 0.2) is 42.1 Å². The van der Waals surface area contributed by atoms with E-state index in [1.807, 2.05) is 6.07 Å². The molecule has 0 spiro atoms. The predicted octanol–water partition coefficient (Wildman–Crippen LogP) is 3.83. The second-order valence-corrected chi connectivity index (χ2v) is 3.35. The molecule has 0 bridgehead atoms. The van der Waals surface area contributed by atoms with E-state index < -0.39 is 0 Å². The van der Waals surface area contributed by atoms with Crippen LogP contribution in [0.25, 0.3) is 0 Å². The molecule has 0 N–H and O–H groups in total. The highest BCUT2D eigenvalue weighted by Crippen LogP contribution is 2.18. The van der Waals surface area contributed by atoms with Crippen LogP contribution in [0.5, 0.6) is 0 Å². The van der Waals surface area contributed by atoms with Crippen LogP contribution in [-0.4, -0.2) is 7.05 Å². The summed E-state index contributed by atoms with van der Waals surface area (Å²) in [5.74, 6) is 0. The van der Waals surface area contributed by atoms with Crippen molar-refractivity contribution in [3.63, 3.8) is 0 Å². The zero-order valence-electron chi connectivity index (χ0n) is 9.33. The van der Waals surface area contributed by atoms with Gasteiger partial charge in [0.25, 0.3) is 0 Å². The first-order valence-electron chi connectivity index (χ1n) is 5.27. The van der Waals surface area contributed by atoms with E-state index in [4.69, 9.17) is 0 Å². The smallest absolute Gasteiger partial charge is 0.0405 e. The molecule has 14 heavy (non-hydrogen) atoms. The third-order valence-electron chi connectivity index (χ3n) is 2.38. The number of anilines is 1. The van der Waals surface area contributed by atoms with Crippen LogP contribution in [0.1, 0.15) is 26.7 Å². The van der Waals surface area contributed by atoms with Gasteiger partial charge in [-0.15, -0.1) is 0 Å².